The molecule has 0 aliphatic rings. The molecule has 2 unspecified atom stereocenters. The summed E-state index contributed by atoms with van der Waals surface area (Å²) >= 11 is 1.68. The first-order valence-corrected chi connectivity index (χ1v) is 7.85. The molecular formula is C14H24N4S. The lowest BCUT2D eigenvalue weighted by Gasteiger charge is -2.26. The van der Waals surface area contributed by atoms with Crippen molar-refractivity contribution >= 4 is 22.1 Å². The van der Waals surface area contributed by atoms with E-state index in [0.717, 1.165) is 17.2 Å². The molecule has 0 radical (unpaired) electrons. The Bertz CT molecular complexity index is 529. The fourth-order valence-corrected chi connectivity index (χ4v) is 3.15. The van der Waals surface area contributed by atoms with Crippen LogP contribution in [0.1, 0.15) is 39.3 Å². The number of fused-ring (bicyclic) bond motifs is 1. The molecule has 19 heavy (non-hydrogen) atoms. The molecule has 2 aromatic heterocycles. The number of hydrogen-bond donors (Lipinski definition) is 1. The zero-order chi connectivity index (χ0) is 14.0. The van der Waals surface area contributed by atoms with Crippen LogP contribution in [0.25, 0.3) is 4.96 Å². The van der Waals surface area contributed by atoms with Crippen LogP contribution in [-0.4, -0.2) is 28.5 Å². The number of aromatic nitrogens is 2. The largest absolute Gasteiger partial charge is 0.355 e. The van der Waals surface area contributed by atoms with Gasteiger partial charge in [-0.15, -0.1) is 11.3 Å². The maximum atomic E-state index is 5.99. The molecule has 0 bridgehead atoms. The number of thiazole rings is 1. The Balaban J connectivity index is 2.37. The first-order valence-electron chi connectivity index (χ1n) is 6.97. The van der Waals surface area contributed by atoms with Crippen LogP contribution in [0.3, 0.4) is 0 Å². The van der Waals surface area contributed by atoms with Crippen LogP contribution in [0.4, 0.5) is 5.82 Å². The zero-order valence-corrected chi connectivity index (χ0v) is 13.1. The minimum atomic E-state index is 0.147. The Morgan fingerprint density at radius 1 is 1.47 bits per heavy atom. The normalized spacial score (nSPS) is 14.8. The third-order valence-electron chi connectivity index (χ3n) is 3.56. The fourth-order valence-electron chi connectivity index (χ4n) is 2.42. The van der Waals surface area contributed by atoms with Gasteiger partial charge in [0.1, 0.15) is 0 Å². The summed E-state index contributed by atoms with van der Waals surface area (Å²) in [6.45, 7) is 6.52. The molecule has 0 saturated carbocycles. The minimum absolute atomic E-state index is 0.147. The minimum Gasteiger partial charge on any atom is -0.355 e. The number of nitrogens with two attached hydrogens (primary N) is 1. The van der Waals surface area contributed by atoms with Crippen LogP contribution >= 0.6 is 11.3 Å². The molecule has 0 amide bonds. The van der Waals surface area contributed by atoms with Crippen molar-refractivity contribution in [1.82, 2.24) is 9.38 Å². The molecule has 2 atom stereocenters. The van der Waals surface area contributed by atoms with Crippen molar-refractivity contribution in [3.8, 4) is 0 Å². The topological polar surface area (TPSA) is 46.6 Å². The van der Waals surface area contributed by atoms with E-state index in [1.807, 2.05) is 6.92 Å². The second-order valence-electron chi connectivity index (χ2n) is 5.37. The Morgan fingerprint density at radius 2 is 2.21 bits per heavy atom. The van der Waals surface area contributed by atoms with Gasteiger partial charge in [-0.25, -0.2) is 4.98 Å². The van der Waals surface area contributed by atoms with Gasteiger partial charge in [0, 0.05) is 37.1 Å². The maximum absolute atomic E-state index is 5.99. The Morgan fingerprint density at radius 3 is 2.84 bits per heavy atom. The molecule has 4 nitrogen and oxygen atoms in total. The summed E-state index contributed by atoms with van der Waals surface area (Å²) in [7, 11) is 2.14. The van der Waals surface area contributed by atoms with E-state index in [4.69, 9.17) is 10.7 Å². The quantitative estimate of drug-likeness (QED) is 0.885. The smallest absolute Gasteiger partial charge is 0.195 e. The van der Waals surface area contributed by atoms with Crippen molar-refractivity contribution < 1.29 is 0 Å². The third kappa shape index (κ3) is 2.92. The van der Waals surface area contributed by atoms with E-state index in [-0.39, 0.29) is 6.04 Å². The first kappa shape index (κ1) is 14.3. The highest BCUT2D eigenvalue weighted by molar-refractivity contribution is 7.15. The Labute approximate surface area is 119 Å². The van der Waals surface area contributed by atoms with Crippen LogP contribution in [0.2, 0.25) is 0 Å². The summed E-state index contributed by atoms with van der Waals surface area (Å²) in [6.07, 6.45) is 5.32. The highest BCUT2D eigenvalue weighted by Gasteiger charge is 2.20. The van der Waals surface area contributed by atoms with Crippen molar-refractivity contribution in [2.75, 3.05) is 11.9 Å². The average Bonchev–Trinajstić information content (AvgIpc) is 2.91. The van der Waals surface area contributed by atoms with E-state index in [9.17, 15) is 0 Å². The lowest BCUT2D eigenvalue weighted by Crippen LogP contribution is -2.30. The lowest BCUT2D eigenvalue weighted by molar-refractivity contribution is 0.607. The number of hydrogen-bond acceptors (Lipinski definition) is 4. The van der Waals surface area contributed by atoms with Crippen molar-refractivity contribution in [2.24, 2.45) is 5.73 Å². The summed E-state index contributed by atoms with van der Waals surface area (Å²) in [4.78, 5) is 8.13. The van der Waals surface area contributed by atoms with E-state index in [2.05, 4.69) is 41.8 Å². The van der Waals surface area contributed by atoms with E-state index in [1.54, 1.807) is 11.3 Å². The van der Waals surface area contributed by atoms with E-state index in [1.165, 1.54) is 18.5 Å². The number of rotatable bonds is 6. The average molecular weight is 280 g/mol. The van der Waals surface area contributed by atoms with Crippen LogP contribution in [0, 0.1) is 0 Å². The molecule has 2 aromatic rings. The summed E-state index contributed by atoms with van der Waals surface area (Å²) < 4.78 is 2.18. The summed E-state index contributed by atoms with van der Waals surface area (Å²) in [5, 5.41) is 2.08. The molecule has 0 fully saturated rings. The van der Waals surface area contributed by atoms with Crippen LogP contribution in [0.15, 0.2) is 11.6 Å². The molecule has 0 spiro atoms. The van der Waals surface area contributed by atoms with Crippen molar-refractivity contribution in [2.45, 2.75) is 52.1 Å². The predicted molar refractivity (Wildman–Crippen MR) is 83.2 cm³/mol. The van der Waals surface area contributed by atoms with Gasteiger partial charge in [0.15, 0.2) is 10.8 Å². The van der Waals surface area contributed by atoms with Crippen molar-refractivity contribution in [3.05, 3.63) is 17.3 Å². The summed E-state index contributed by atoms with van der Waals surface area (Å²) in [6, 6.07) is 0.648. The fraction of sp³-hybridized carbons (Fsp3) is 0.643. The van der Waals surface area contributed by atoms with Crippen molar-refractivity contribution in [3.63, 3.8) is 0 Å². The number of nitrogens with zero attached hydrogens (tertiary/aromatic N) is 3. The molecule has 0 saturated heterocycles. The SMILES string of the molecule is CCCC(C)N(C)c1nc2sccn2c1CC(C)N. The van der Waals surface area contributed by atoms with Gasteiger partial charge >= 0.3 is 0 Å². The Hall–Kier alpha value is -1.07. The second-order valence-corrected chi connectivity index (χ2v) is 6.24. The monoisotopic (exact) mass is 280 g/mol. The van der Waals surface area contributed by atoms with Gasteiger partial charge in [-0.3, -0.25) is 4.40 Å². The maximum Gasteiger partial charge on any atom is 0.195 e. The highest BCUT2D eigenvalue weighted by atomic mass is 32.1. The summed E-state index contributed by atoms with van der Waals surface area (Å²) in [5.74, 6) is 1.09. The zero-order valence-electron chi connectivity index (χ0n) is 12.3. The first-order chi connectivity index (χ1) is 9.04. The van der Waals surface area contributed by atoms with E-state index in [0.29, 0.717) is 6.04 Å². The van der Waals surface area contributed by atoms with Crippen LogP contribution < -0.4 is 10.6 Å². The Kier molecular flexibility index (Phi) is 4.47. The van der Waals surface area contributed by atoms with Crippen molar-refractivity contribution in [1.29, 1.82) is 0 Å². The molecule has 5 heteroatoms. The van der Waals surface area contributed by atoms with E-state index < -0.39 is 0 Å². The van der Waals surface area contributed by atoms with Gasteiger partial charge in [-0.05, 0) is 20.3 Å². The molecule has 2 N–H and O–H groups in total. The van der Waals surface area contributed by atoms with Gasteiger partial charge < -0.3 is 10.6 Å². The summed E-state index contributed by atoms with van der Waals surface area (Å²) in [5.41, 5.74) is 7.22. The third-order valence-corrected chi connectivity index (χ3v) is 4.31. The lowest BCUT2D eigenvalue weighted by atomic mass is 10.1. The van der Waals surface area contributed by atoms with Gasteiger partial charge in [-0.1, -0.05) is 13.3 Å². The van der Waals surface area contributed by atoms with Gasteiger partial charge in [0.05, 0.1) is 5.69 Å². The molecule has 0 aliphatic heterocycles. The van der Waals surface area contributed by atoms with Gasteiger partial charge in [-0.2, -0.15) is 0 Å². The number of imidazole rings is 1. The standard InChI is InChI=1S/C14H24N4S/c1-5-6-11(3)17(4)13-12(9-10(2)15)18-7-8-19-14(18)16-13/h7-8,10-11H,5-6,9,15H2,1-4H3. The second kappa shape index (κ2) is 5.92. The van der Waals surface area contributed by atoms with Crippen LogP contribution in [-0.2, 0) is 6.42 Å². The number of anilines is 1. The predicted octanol–water partition coefficient (Wildman–Crippen LogP) is 2.91. The molecular weight excluding hydrogens is 256 g/mol. The van der Waals surface area contributed by atoms with Gasteiger partial charge in [0.2, 0.25) is 0 Å². The van der Waals surface area contributed by atoms with Gasteiger partial charge in [0.25, 0.3) is 0 Å². The van der Waals surface area contributed by atoms with Crippen LogP contribution in [0.5, 0.6) is 0 Å². The molecule has 106 valence electrons. The molecule has 0 aromatic carbocycles. The van der Waals surface area contributed by atoms with E-state index >= 15 is 0 Å². The molecule has 2 rings (SSSR count). The molecule has 2 heterocycles. The molecule has 0 aliphatic carbocycles. The highest BCUT2D eigenvalue weighted by Crippen LogP contribution is 2.26.